The molecule has 3 nitrogen and oxygen atoms in total. The van der Waals surface area contributed by atoms with Crippen molar-refractivity contribution < 1.29 is 0 Å². The molecular weight excluding hydrogens is 174 g/mol. The number of rotatable bonds is 0. The van der Waals surface area contributed by atoms with Crippen molar-refractivity contribution in [1.29, 1.82) is 0 Å². The van der Waals surface area contributed by atoms with Gasteiger partial charge in [0.2, 0.25) is 0 Å². The van der Waals surface area contributed by atoms with Crippen LogP contribution in [0.3, 0.4) is 0 Å². The molecule has 14 heavy (non-hydrogen) atoms. The molecule has 0 aliphatic heterocycles. The highest BCUT2D eigenvalue weighted by Crippen LogP contribution is 2.13. The maximum absolute atomic E-state index is 4.48. The van der Waals surface area contributed by atoms with Crippen molar-refractivity contribution in [1.82, 2.24) is 14.4 Å². The number of pyridine rings is 1. The van der Waals surface area contributed by atoms with Gasteiger partial charge in [-0.1, -0.05) is 0 Å². The fourth-order valence-corrected chi connectivity index (χ4v) is 1.64. The minimum absolute atomic E-state index is 0.924. The molecule has 0 aliphatic rings. The Kier molecular flexibility index (Phi) is 1.36. The predicted molar refractivity (Wildman–Crippen MR) is 55.2 cm³/mol. The van der Waals surface area contributed by atoms with Gasteiger partial charge in [0.25, 0.3) is 0 Å². The van der Waals surface area contributed by atoms with E-state index in [4.69, 9.17) is 0 Å². The van der Waals surface area contributed by atoms with E-state index in [-0.39, 0.29) is 0 Å². The smallest absolute Gasteiger partial charge is 0.163 e. The Morgan fingerprint density at radius 1 is 1.21 bits per heavy atom. The maximum Gasteiger partial charge on any atom is 0.163 e. The van der Waals surface area contributed by atoms with Crippen LogP contribution in [0.5, 0.6) is 0 Å². The van der Waals surface area contributed by atoms with Gasteiger partial charge in [-0.15, -0.1) is 0 Å². The minimum Gasteiger partial charge on any atom is -0.298 e. The molecule has 3 aromatic heterocycles. The van der Waals surface area contributed by atoms with Gasteiger partial charge in [0.1, 0.15) is 5.52 Å². The molecule has 0 fully saturated rings. The first-order valence-electron chi connectivity index (χ1n) is 4.54. The number of aromatic nitrogens is 3. The normalized spacial score (nSPS) is 11.2. The van der Waals surface area contributed by atoms with Crippen molar-refractivity contribution in [3.8, 4) is 0 Å². The van der Waals surface area contributed by atoms with Crippen LogP contribution in [-0.2, 0) is 0 Å². The molecule has 0 aliphatic carbocycles. The highest BCUT2D eigenvalue weighted by Gasteiger charge is 2.01. The van der Waals surface area contributed by atoms with Gasteiger partial charge in [0.05, 0.1) is 11.7 Å². The lowest BCUT2D eigenvalue weighted by atomic mass is 10.3. The standard InChI is InChI=1S/C11H9N3/c1-8-4-5-10-11(13-8)14-6-2-3-9(14)7-12-10/h2-7H,1H3. The first kappa shape index (κ1) is 7.50. The molecule has 0 spiro atoms. The second kappa shape index (κ2) is 2.54. The summed E-state index contributed by atoms with van der Waals surface area (Å²) in [7, 11) is 0. The predicted octanol–water partition coefficient (Wildman–Crippen LogP) is 2.19. The van der Waals surface area contributed by atoms with E-state index in [2.05, 4.69) is 14.4 Å². The number of hydrogen-bond acceptors (Lipinski definition) is 2. The molecule has 3 aromatic rings. The summed E-state index contributed by atoms with van der Waals surface area (Å²) in [4.78, 5) is 8.82. The van der Waals surface area contributed by atoms with Gasteiger partial charge < -0.3 is 0 Å². The average molecular weight is 183 g/mol. The maximum atomic E-state index is 4.48. The second-order valence-electron chi connectivity index (χ2n) is 3.36. The quantitative estimate of drug-likeness (QED) is 0.534. The summed E-state index contributed by atoms with van der Waals surface area (Å²) in [5.41, 5.74) is 3.95. The van der Waals surface area contributed by atoms with Gasteiger partial charge in [-0.2, -0.15) is 0 Å². The lowest BCUT2D eigenvalue weighted by Crippen LogP contribution is -1.93. The minimum atomic E-state index is 0.924. The van der Waals surface area contributed by atoms with Crippen molar-refractivity contribution in [3.05, 3.63) is 42.4 Å². The van der Waals surface area contributed by atoms with E-state index in [0.29, 0.717) is 0 Å². The number of nitrogens with zero attached hydrogens (tertiary/aromatic N) is 3. The van der Waals surface area contributed by atoms with Crippen LogP contribution in [0.2, 0.25) is 0 Å². The molecule has 0 amide bonds. The van der Waals surface area contributed by atoms with Crippen molar-refractivity contribution >= 4 is 16.7 Å². The molecule has 3 heterocycles. The first-order valence-corrected chi connectivity index (χ1v) is 4.54. The number of aryl methyl sites for hydroxylation is 1. The molecule has 3 heteroatoms. The Balaban J connectivity index is 2.60. The summed E-state index contributed by atoms with van der Waals surface area (Å²) >= 11 is 0. The van der Waals surface area contributed by atoms with Crippen LogP contribution in [-0.4, -0.2) is 14.4 Å². The second-order valence-corrected chi connectivity index (χ2v) is 3.36. The Morgan fingerprint density at radius 3 is 3.07 bits per heavy atom. The Morgan fingerprint density at radius 2 is 2.14 bits per heavy atom. The van der Waals surface area contributed by atoms with Crippen LogP contribution in [0, 0.1) is 6.92 Å². The molecule has 0 unspecified atom stereocenters. The third-order valence-electron chi connectivity index (χ3n) is 2.34. The van der Waals surface area contributed by atoms with E-state index in [1.165, 1.54) is 0 Å². The highest BCUT2D eigenvalue weighted by atomic mass is 15.0. The topological polar surface area (TPSA) is 30.2 Å². The Labute approximate surface area is 81.0 Å². The zero-order valence-electron chi connectivity index (χ0n) is 7.81. The fourth-order valence-electron chi connectivity index (χ4n) is 1.64. The lowest BCUT2D eigenvalue weighted by molar-refractivity contribution is 1.13. The zero-order valence-corrected chi connectivity index (χ0v) is 7.81. The van der Waals surface area contributed by atoms with E-state index in [1.807, 2.05) is 43.6 Å². The zero-order chi connectivity index (χ0) is 9.54. The van der Waals surface area contributed by atoms with Gasteiger partial charge in [-0.05, 0) is 31.2 Å². The van der Waals surface area contributed by atoms with Crippen LogP contribution in [0.15, 0.2) is 36.7 Å². The molecule has 0 saturated carbocycles. The summed E-state index contributed by atoms with van der Waals surface area (Å²) in [5.74, 6) is 0. The fraction of sp³-hybridized carbons (Fsp3) is 0.0909. The van der Waals surface area contributed by atoms with E-state index >= 15 is 0 Å². The molecule has 0 saturated heterocycles. The van der Waals surface area contributed by atoms with Gasteiger partial charge in [0.15, 0.2) is 5.65 Å². The van der Waals surface area contributed by atoms with E-state index < -0.39 is 0 Å². The SMILES string of the molecule is Cc1ccc2ncc3cccn3c2n1. The molecule has 0 radical (unpaired) electrons. The average Bonchev–Trinajstić information content (AvgIpc) is 2.65. The van der Waals surface area contributed by atoms with Gasteiger partial charge in [-0.25, -0.2) is 4.98 Å². The highest BCUT2D eigenvalue weighted by molar-refractivity contribution is 5.74. The van der Waals surface area contributed by atoms with Crippen LogP contribution >= 0.6 is 0 Å². The van der Waals surface area contributed by atoms with Gasteiger partial charge in [0, 0.05) is 11.9 Å². The monoisotopic (exact) mass is 183 g/mol. The molecule has 0 bridgehead atoms. The number of fused-ring (bicyclic) bond motifs is 3. The molecule has 68 valence electrons. The van der Waals surface area contributed by atoms with Crippen LogP contribution in [0.1, 0.15) is 5.69 Å². The van der Waals surface area contributed by atoms with Gasteiger partial charge in [-0.3, -0.25) is 9.38 Å². The summed E-state index contributed by atoms with van der Waals surface area (Å²) in [6.07, 6.45) is 3.87. The van der Waals surface area contributed by atoms with Crippen molar-refractivity contribution in [2.24, 2.45) is 0 Å². The van der Waals surface area contributed by atoms with E-state index in [1.54, 1.807) is 0 Å². The van der Waals surface area contributed by atoms with Crippen molar-refractivity contribution in [3.63, 3.8) is 0 Å². The first-order chi connectivity index (χ1) is 6.84. The summed E-state index contributed by atoms with van der Waals surface area (Å²) in [5, 5.41) is 0. The van der Waals surface area contributed by atoms with Gasteiger partial charge >= 0.3 is 0 Å². The summed E-state index contributed by atoms with van der Waals surface area (Å²) in [6, 6.07) is 8.00. The lowest BCUT2D eigenvalue weighted by Gasteiger charge is -2.01. The van der Waals surface area contributed by atoms with Crippen LogP contribution in [0.4, 0.5) is 0 Å². The summed E-state index contributed by atoms with van der Waals surface area (Å²) < 4.78 is 2.05. The molecule has 0 N–H and O–H groups in total. The number of hydrogen-bond donors (Lipinski definition) is 0. The third kappa shape index (κ3) is 0.923. The van der Waals surface area contributed by atoms with Crippen LogP contribution < -0.4 is 0 Å². The van der Waals surface area contributed by atoms with Crippen molar-refractivity contribution in [2.75, 3.05) is 0 Å². The Bertz CT molecular complexity index is 610. The van der Waals surface area contributed by atoms with Crippen LogP contribution in [0.25, 0.3) is 16.7 Å². The largest absolute Gasteiger partial charge is 0.298 e. The molecular formula is C11H9N3. The van der Waals surface area contributed by atoms with Crippen molar-refractivity contribution in [2.45, 2.75) is 6.92 Å². The molecule has 3 rings (SSSR count). The van der Waals surface area contributed by atoms with E-state index in [0.717, 1.165) is 22.4 Å². The van der Waals surface area contributed by atoms with E-state index in [9.17, 15) is 0 Å². The summed E-state index contributed by atoms with van der Waals surface area (Å²) in [6.45, 7) is 1.99. The Hall–Kier alpha value is -1.90. The molecule has 0 aromatic carbocycles. The molecule has 0 atom stereocenters. The third-order valence-corrected chi connectivity index (χ3v) is 2.34.